The monoisotopic (exact) mass is 747 g/mol. The molecule has 0 aliphatic carbocycles. The Bertz CT molecular complexity index is 2260. The molecule has 0 bridgehead atoms. The fourth-order valence-electron chi connectivity index (χ4n) is 5.44. The van der Waals surface area contributed by atoms with E-state index in [0.29, 0.717) is 34.9 Å². The van der Waals surface area contributed by atoms with Crippen molar-refractivity contribution in [2.45, 2.75) is 16.8 Å². The lowest BCUT2D eigenvalue weighted by molar-refractivity contribution is -0.116. The van der Waals surface area contributed by atoms with Crippen molar-refractivity contribution >= 4 is 52.9 Å². The molecule has 0 saturated carbocycles. The largest absolute Gasteiger partial charge is 0.489 e. The number of thioether (sulfide) groups is 1. The van der Waals surface area contributed by atoms with Gasteiger partial charge in [0.15, 0.2) is 0 Å². The molecule has 0 radical (unpaired) electrons. The summed E-state index contributed by atoms with van der Waals surface area (Å²) in [5, 5.41) is 7.86. The minimum atomic E-state index is -0.676. The fourth-order valence-corrected chi connectivity index (χ4v) is 6.47. The number of carbonyl (C=O) groups is 4. The second kappa shape index (κ2) is 18.7. The Balaban J connectivity index is 1.17. The van der Waals surface area contributed by atoms with Crippen molar-refractivity contribution in [1.29, 1.82) is 0 Å². The summed E-state index contributed by atoms with van der Waals surface area (Å²) >= 11 is 1.31. The highest BCUT2D eigenvalue weighted by atomic mass is 32.2. The second-order valence-corrected chi connectivity index (χ2v) is 13.3. The molecule has 0 aliphatic heterocycles. The van der Waals surface area contributed by atoms with Crippen LogP contribution < -0.4 is 20.7 Å². The van der Waals surface area contributed by atoms with Gasteiger partial charge in [-0.05, 0) is 83.4 Å². The number of hydrogen-bond acceptors (Lipinski definition) is 7. The van der Waals surface area contributed by atoms with Gasteiger partial charge in [-0.1, -0.05) is 103 Å². The van der Waals surface area contributed by atoms with Crippen LogP contribution >= 0.6 is 11.8 Å². The molecule has 1 atom stereocenters. The maximum absolute atomic E-state index is 13.7. The zero-order chi connectivity index (χ0) is 38.4. The summed E-state index contributed by atoms with van der Waals surface area (Å²) in [6, 6.07) is 48.7. The lowest BCUT2D eigenvalue weighted by atomic mass is 10.1. The van der Waals surface area contributed by atoms with Crippen LogP contribution in [-0.2, 0) is 20.9 Å². The van der Waals surface area contributed by atoms with Crippen molar-refractivity contribution < 1.29 is 28.7 Å². The Morgan fingerprint density at radius 1 is 0.673 bits per heavy atom. The number of rotatable bonds is 14. The van der Waals surface area contributed by atoms with Crippen molar-refractivity contribution in [3.8, 4) is 5.75 Å². The Labute approximate surface area is 323 Å². The van der Waals surface area contributed by atoms with E-state index in [9.17, 15) is 19.2 Å². The van der Waals surface area contributed by atoms with Gasteiger partial charge in [-0.25, -0.2) is 4.79 Å². The Hall–Kier alpha value is -6.91. The Morgan fingerprint density at radius 2 is 1.29 bits per heavy atom. The standard InChI is InChI=1S/C45H37N3O6S/c1-53-45(52)38-19-11-12-20-39(38)47-44(51)41(33-15-7-3-8-16-33)55-37-27-23-35(24-28-37)46-43(50)40(48-42(49)34-17-9-4-10-18-34)29-31-21-25-36(26-22-31)54-30-32-13-5-2-6-14-32/h2-29,41H,30H2,1H3,(H,46,50)(H,47,51)(H,48,49)/b40-29-. The molecule has 1 unspecified atom stereocenters. The van der Waals surface area contributed by atoms with Crippen molar-refractivity contribution in [3.05, 3.63) is 197 Å². The molecule has 274 valence electrons. The van der Waals surface area contributed by atoms with E-state index < -0.39 is 23.0 Å². The molecule has 0 fully saturated rings. The molecule has 10 heteroatoms. The van der Waals surface area contributed by atoms with Crippen molar-refractivity contribution in [1.82, 2.24) is 5.32 Å². The number of anilines is 2. The smallest absolute Gasteiger partial charge is 0.339 e. The molecular formula is C45H37N3O6S. The van der Waals surface area contributed by atoms with Gasteiger partial charge >= 0.3 is 5.97 Å². The van der Waals surface area contributed by atoms with Gasteiger partial charge in [0, 0.05) is 16.1 Å². The molecule has 0 spiro atoms. The summed E-state index contributed by atoms with van der Waals surface area (Å²) in [7, 11) is 1.29. The van der Waals surface area contributed by atoms with Crippen molar-refractivity contribution in [2.75, 3.05) is 17.7 Å². The summed E-state index contributed by atoms with van der Waals surface area (Å²) < 4.78 is 10.8. The average Bonchev–Trinajstić information content (AvgIpc) is 3.23. The SMILES string of the molecule is COC(=O)c1ccccc1NC(=O)C(Sc1ccc(NC(=O)/C(=C/c2ccc(OCc3ccccc3)cc2)NC(=O)c2ccccc2)cc1)c1ccccc1. The van der Waals surface area contributed by atoms with E-state index in [4.69, 9.17) is 9.47 Å². The zero-order valence-electron chi connectivity index (χ0n) is 29.8. The third-order valence-electron chi connectivity index (χ3n) is 8.27. The predicted octanol–water partition coefficient (Wildman–Crippen LogP) is 8.93. The van der Waals surface area contributed by atoms with Crippen molar-refractivity contribution in [2.24, 2.45) is 0 Å². The average molecular weight is 748 g/mol. The molecule has 6 aromatic carbocycles. The lowest BCUT2D eigenvalue weighted by Gasteiger charge is -2.18. The van der Waals surface area contributed by atoms with Gasteiger partial charge in [-0.3, -0.25) is 14.4 Å². The summed E-state index contributed by atoms with van der Waals surface area (Å²) in [5.74, 6) is -1.19. The van der Waals surface area contributed by atoms with Crippen LogP contribution in [0.25, 0.3) is 6.08 Å². The molecule has 9 nitrogen and oxygen atoms in total. The molecule has 0 heterocycles. The van der Waals surface area contributed by atoms with Gasteiger partial charge in [0.25, 0.3) is 11.8 Å². The summed E-state index contributed by atoms with van der Waals surface area (Å²) in [5.41, 5.74) is 3.99. The molecule has 3 amide bonds. The van der Waals surface area contributed by atoms with Crippen LogP contribution in [0.2, 0.25) is 0 Å². The minimum absolute atomic E-state index is 0.0401. The van der Waals surface area contributed by atoms with E-state index in [1.165, 1.54) is 18.9 Å². The van der Waals surface area contributed by atoms with Crippen LogP contribution in [0.1, 0.15) is 42.7 Å². The van der Waals surface area contributed by atoms with Gasteiger partial charge in [0.2, 0.25) is 5.91 Å². The Kier molecular flexibility index (Phi) is 12.9. The molecular weight excluding hydrogens is 711 g/mol. The first-order chi connectivity index (χ1) is 26.9. The van der Waals surface area contributed by atoms with E-state index in [1.807, 2.05) is 78.9 Å². The summed E-state index contributed by atoms with van der Waals surface area (Å²) in [6.07, 6.45) is 1.60. The fraction of sp³-hybridized carbons (Fsp3) is 0.0667. The number of nitrogens with one attached hydrogen (secondary N) is 3. The van der Waals surface area contributed by atoms with Gasteiger partial charge < -0.3 is 25.4 Å². The van der Waals surface area contributed by atoms with Crippen molar-refractivity contribution in [3.63, 3.8) is 0 Å². The second-order valence-electron chi connectivity index (χ2n) is 12.1. The van der Waals surface area contributed by atoms with E-state index in [-0.39, 0.29) is 17.2 Å². The number of hydrogen-bond donors (Lipinski definition) is 3. The highest BCUT2D eigenvalue weighted by molar-refractivity contribution is 8.00. The first-order valence-electron chi connectivity index (χ1n) is 17.3. The number of esters is 1. The number of carbonyl (C=O) groups excluding carboxylic acids is 4. The van der Waals surface area contributed by atoms with E-state index in [2.05, 4.69) is 16.0 Å². The van der Waals surface area contributed by atoms with Crippen LogP contribution in [0.4, 0.5) is 11.4 Å². The highest BCUT2D eigenvalue weighted by Crippen LogP contribution is 2.37. The maximum atomic E-state index is 13.7. The quantitative estimate of drug-likeness (QED) is 0.0578. The van der Waals surface area contributed by atoms with Gasteiger partial charge in [0.05, 0.1) is 18.4 Å². The third kappa shape index (κ3) is 10.6. The summed E-state index contributed by atoms with van der Waals surface area (Å²) in [6.45, 7) is 0.416. The molecule has 6 rings (SSSR count). The molecule has 0 aromatic heterocycles. The predicted molar refractivity (Wildman–Crippen MR) is 216 cm³/mol. The van der Waals surface area contributed by atoms with E-state index in [0.717, 1.165) is 16.0 Å². The minimum Gasteiger partial charge on any atom is -0.489 e. The molecule has 55 heavy (non-hydrogen) atoms. The highest BCUT2D eigenvalue weighted by Gasteiger charge is 2.24. The van der Waals surface area contributed by atoms with Crippen LogP contribution in [0.3, 0.4) is 0 Å². The van der Waals surface area contributed by atoms with Crippen LogP contribution in [0, 0.1) is 0 Å². The number of methoxy groups -OCH3 is 1. The molecule has 3 N–H and O–H groups in total. The van der Waals surface area contributed by atoms with Gasteiger partial charge in [-0.15, -0.1) is 11.8 Å². The normalized spacial score (nSPS) is 11.5. The number of para-hydroxylation sites is 1. The van der Waals surface area contributed by atoms with Gasteiger partial charge in [-0.2, -0.15) is 0 Å². The molecule has 0 saturated heterocycles. The summed E-state index contributed by atoms with van der Waals surface area (Å²) in [4.78, 5) is 53.7. The number of amides is 3. The van der Waals surface area contributed by atoms with Crippen LogP contribution in [-0.4, -0.2) is 30.8 Å². The first-order valence-corrected chi connectivity index (χ1v) is 18.2. The van der Waals surface area contributed by atoms with E-state index in [1.54, 1.807) is 91.0 Å². The molecule has 6 aromatic rings. The van der Waals surface area contributed by atoms with Crippen LogP contribution in [0.5, 0.6) is 5.75 Å². The molecule has 0 aliphatic rings. The third-order valence-corrected chi connectivity index (χ3v) is 9.53. The lowest BCUT2D eigenvalue weighted by Crippen LogP contribution is -2.30. The van der Waals surface area contributed by atoms with E-state index >= 15 is 0 Å². The number of ether oxygens (including phenoxy) is 2. The topological polar surface area (TPSA) is 123 Å². The zero-order valence-corrected chi connectivity index (χ0v) is 30.6. The Morgan fingerprint density at radius 3 is 1.96 bits per heavy atom. The van der Waals surface area contributed by atoms with Gasteiger partial charge in [0.1, 0.15) is 23.3 Å². The van der Waals surface area contributed by atoms with Crippen LogP contribution in [0.15, 0.2) is 174 Å². The maximum Gasteiger partial charge on any atom is 0.339 e. The first kappa shape index (κ1) is 37.8. The number of benzene rings is 6.